The molecule has 0 spiro atoms. The first-order valence-corrected chi connectivity index (χ1v) is 7.30. The Morgan fingerprint density at radius 1 is 1.50 bits per heavy atom. The van der Waals surface area contributed by atoms with Gasteiger partial charge in [0.15, 0.2) is 0 Å². The molecular weight excluding hydrogens is 348 g/mol. The van der Waals surface area contributed by atoms with Crippen molar-refractivity contribution in [2.45, 2.75) is 6.92 Å². The summed E-state index contributed by atoms with van der Waals surface area (Å²) in [5, 5.41) is 12.2. The average Bonchev–Trinajstić information content (AvgIpc) is 2.33. The number of benzene rings is 1. The Bertz CT molecular complexity index is 546. The van der Waals surface area contributed by atoms with E-state index in [0.717, 1.165) is 0 Å². The highest BCUT2D eigenvalue weighted by molar-refractivity contribution is 9.10. The largest absolute Gasteiger partial charge is 0.481 e. The topological polar surface area (TPSA) is 69.6 Å². The maximum Gasteiger partial charge on any atom is 0.321 e. The van der Waals surface area contributed by atoms with Crippen LogP contribution in [0.25, 0.3) is 0 Å². The van der Waals surface area contributed by atoms with E-state index >= 15 is 0 Å². The molecule has 1 fully saturated rings. The minimum Gasteiger partial charge on any atom is -0.481 e. The summed E-state index contributed by atoms with van der Waals surface area (Å²) in [5.41, 5.74) is 0.595. The van der Waals surface area contributed by atoms with Crippen LogP contribution in [0.15, 0.2) is 22.7 Å². The number of hydrogen-bond donors (Lipinski definition) is 2. The Labute approximate surface area is 130 Å². The van der Waals surface area contributed by atoms with Crippen LogP contribution in [0.3, 0.4) is 0 Å². The number of carboxylic acids is 1. The predicted molar refractivity (Wildman–Crippen MR) is 80.0 cm³/mol. The SMILES string of the molecule is CC(C(=O)O)C1CN(C(=O)Nc2cccc(Cl)c2Br)C1. The van der Waals surface area contributed by atoms with Crippen molar-refractivity contribution in [2.24, 2.45) is 11.8 Å². The number of urea groups is 1. The minimum absolute atomic E-state index is 0.0149. The fourth-order valence-electron chi connectivity index (χ4n) is 1.99. The van der Waals surface area contributed by atoms with Gasteiger partial charge in [-0.25, -0.2) is 4.79 Å². The molecule has 1 unspecified atom stereocenters. The van der Waals surface area contributed by atoms with Crippen LogP contribution in [-0.4, -0.2) is 35.1 Å². The van der Waals surface area contributed by atoms with E-state index in [4.69, 9.17) is 16.7 Å². The van der Waals surface area contributed by atoms with E-state index in [2.05, 4.69) is 21.2 Å². The third-order valence-electron chi connectivity index (χ3n) is 3.49. The number of carbonyl (C=O) groups excluding carboxylic acids is 1. The standard InChI is InChI=1S/C13H14BrClN2O3/c1-7(12(18)19)8-5-17(6-8)13(20)16-10-4-2-3-9(15)11(10)14/h2-4,7-8H,5-6H2,1H3,(H,16,20)(H,18,19). The molecule has 2 amide bonds. The van der Waals surface area contributed by atoms with Crippen LogP contribution < -0.4 is 5.32 Å². The van der Waals surface area contributed by atoms with Crippen LogP contribution in [0, 0.1) is 11.8 Å². The number of hydrogen-bond acceptors (Lipinski definition) is 2. The van der Waals surface area contributed by atoms with Gasteiger partial charge in [-0.05, 0) is 28.1 Å². The summed E-state index contributed by atoms with van der Waals surface area (Å²) in [6.07, 6.45) is 0. The number of nitrogens with one attached hydrogen (secondary N) is 1. The molecule has 1 aromatic rings. The molecule has 5 nitrogen and oxygen atoms in total. The van der Waals surface area contributed by atoms with Crippen molar-refractivity contribution in [1.82, 2.24) is 4.90 Å². The summed E-state index contributed by atoms with van der Waals surface area (Å²) in [4.78, 5) is 24.4. The molecule has 1 heterocycles. The quantitative estimate of drug-likeness (QED) is 0.868. The number of carbonyl (C=O) groups is 2. The van der Waals surface area contributed by atoms with Crippen LogP contribution in [0.1, 0.15) is 6.92 Å². The smallest absolute Gasteiger partial charge is 0.321 e. The first-order valence-electron chi connectivity index (χ1n) is 6.13. The number of anilines is 1. The number of halogens is 2. The Morgan fingerprint density at radius 3 is 2.75 bits per heavy atom. The van der Waals surface area contributed by atoms with E-state index in [1.165, 1.54) is 0 Å². The second kappa shape index (κ2) is 6.01. The first-order chi connectivity index (χ1) is 9.40. The fourth-order valence-corrected chi connectivity index (χ4v) is 2.53. The molecule has 1 aromatic carbocycles. The van der Waals surface area contributed by atoms with Gasteiger partial charge in [-0.3, -0.25) is 4.79 Å². The van der Waals surface area contributed by atoms with Crippen molar-refractivity contribution in [2.75, 3.05) is 18.4 Å². The van der Waals surface area contributed by atoms with Gasteiger partial charge in [0.25, 0.3) is 0 Å². The van der Waals surface area contributed by atoms with Gasteiger partial charge in [-0.15, -0.1) is 0 Å². The molecule has 0 saturated carbocycles. The predicted octanol–water partition coefficient (Wildman–Crippen LogP) is 3.29. The molecule has 1 aliphatic heterocycles. The van der Waals surface area contributed by atoms with Crippen LogP contribution in [0.4, 0.5) is 10.5 Å². The molecule has 20 heavy (non-hydrogen) atoms. The summed E-state index contributed by atoms with van der Waals surface area (Å²) >= 11 is 9.26. The summed E-state index contributed by atoms with van der Waals surface area (Å²) in [7, 11) is 0. The van der Waals surface area contributed by atoms with E-state index < -0.39 is 11.9 Å². The molecule has 1 saturated heterocycles. The van der Waals surface area contributed by atoms with Gasteiger partial charge in [0.05, 0.1) is 21.1 Å². The minimum atomic E-state index is -0.826. The maximum absolute atomic E-state index is 12.0. The lowest BCUT2D eigenvalue weighted by Gasteiger charge is -2.41. The Kier molecular flexibility index (Phi) is 4.55. The molecule has 1 aliphatic rings. The Morgan fingerprint density at radius 2 is 2.15 bits per heavy atom. The highest BCUT2D eigenvalue weighted by Gasteiger charge is 2.37. The number of carboxylic acid groups (broad SMARTS) is 1. The molecule has 2 N–H and O–H groups in total. The summed E-state index contributed by atoms with van der Waals surface area (Å²) in [6, 6.07) is 4.95. The van der Waals surface area contributed by atoms with Crippen molar-refractivity contribution in [3.8, 4) is 0 Å². The highest BCUT2D eigenvalue weighted by Crippen LogP contribution is 2.31. The molecular formula is C13H14BrClN2O3. The lowest BCUT2D eigenvalue weighted by molar-refractivity contribution is -0.144. The van der Waals surface area contributed by atoms with Crippen LogP contribution in [0.2, 0.25) is 5.02 Å². The molecule has 0 radical (unpaired) electrons. The van der Waals surface area contributed by atoms with Crippen molar-refractivity contribution in [1.29, 1.82) is 0 Å². The summed E-state index contributed by atoms with van der Waals surface area (Å²) in [5.74, 6) is -1.24. The number of aliphatic carboxylic acids is 1. The van der Waals surface area contributed by atoms with Gasteiger partial charge >= 0.3 is 12.0 Å². The maximum atomic E-state index is 12.0. The van der Waals surface area contributed by atoms with Crippen molar-refractivity contribution >= 4 is 45.2 Å². The molecule has 1 atom stereocenters. The Balaban J connectivity index is 1.92. The fraction of sp³-hybridized carbons (Fsp3) is 0.385. The monoisotopic (exact) mass is 360 g/mol. The van der Waals surface area contributed by atoms with Crippen molar-refractivity contribution in [3.63, 3.8) is 0 Å². The zero-order valence-electron chi connectivity index (χ0n) is 10.8. The number of rotatable bonds is 3. The third-order valence-corrected chi connectivity index (χ3v) is 4.88. The average molecular weight is 362 g/mol. The van der Waals surface area contributed by atoms with E-state index in [0.29, 0.717) is 28.3 Å². The van der Waals surface area contributed by atoms with E-state index in [9.17, 15) is 9.59 Å². The van der Waals surface area contributed by atoms with Gasteiger partial charge in [-0.1, -0.05) is 24.6 Å². The van der Waals surface area contributed by atoms with Crippen molar-refractivity contribution in [3.05, 3.63) is 27.7 Å². The van der Waals surface area contributed by atoms with E-state index in [-0.39, 0.29) is 11.9 Å². The number of nitrogens with zero attached hydrogens (tertiary/aromatic N) is 1. The zero-order valence-corrected chi connectivity index (χ0v) is 13.1. The Hall–Kier alpha value is -1.27. The second-order valence-electron chi connectivity index (χ2n) is 4.82. The number of likely N-dealkylation sites (tertiary alicyclic amines) is 1. The number of amides is 2. The molecule has 2 rings (SSSR count). The van der Waals surface area contributed by atoms with Gasteiger partial charge in [-0.2, -0.15) is 0 Å². The third kappa shape index (κ3) is 3.07. The summed E-state index contributed by atoms with van der Waals surface area (Å²) in [6.45, 7) is 2.57. The van der Waals surface area contributed by atoms with Gasteiger partial charge in [0, 0.05) is 19.0 Å². The van der Waals surface area contributed by atoms with Gasteiger partial charge < -0.3 is 15.3 Å². The molecule has 0 bridgehead atoms. The summed E-state index contributed by atoms with van der Waals surface area (Å²) < 4.78 is 0.631. The highest BCUT2D eigenvalue weighted by atomic mass is 79.9. The molecule has 0 aliphatic carbocycles. The lowest BCUT2D eigenvalue weighted by Crippen LogP contribution is -2.54. The zero-order chi connectivity index (χ0) is 14.9. The van der Waals surface area contributed by atoms with Crippen LogP contribution in [-0.2, 0) is 4.79 Å². The van der Waals surface area contributed by atoms with E-state index in [1.54, 1.807) is 30.0 Å². The normalized spacial score (nSPS) is 16.4. The van der Waals surface area contributed by atoms with Crippen molar-refractivity contribution < 1.29 is 14.7 Å². The lowest BCUT2D eigenvalue weighted by atomic mass is 9.87. The van der Waals surface area contributed by atoms with Gasteiger partial charge in [0.2, 0.25) is 0 Å². The second-order valence-corrected chi connectivity index (χ2v) is 6.02. The molecule has 108 valence electrons. The van der Waals surface area contributed by atoms with Crippen LogP contribution in [0.5, 0.6) is 0 Å². The van der Waals surface area contributed by atoms with E-state index in [1.807, 2.05) is 0 Å². The van der Waals surface area contributed by atoms with Gasteiger partial charge in [0.1, 0.15) is 0 Å². The molecule has 0 aromatic heterocycles. The van der Waals surface area contributed by atoms with Crippen LogP contribution >= 0.6 is 27.5 Å². The molecule has 7 heteroatoms. The first kappa shape index (κ1) is 15.1.